The number of fused-ring (bicyclic) bond motifs is 6. The molecule has 4 heteroatoms. The maximum Gasteiger partial charge on any atom is 0.0967 e. The lowest BCUT2D eigenvalue weighted by Crippen LogP contribution is -1.88. The Morgan fingerprint density at radius 1 is 0.344 bits per heavy atom. The molecule has 0 atom stereocenters. The number of hydrogen-bond acceptors (Lipinski definition) is 4. The third-order valence-electron chi connectivity index (χ3n) is 6.11. The summed E-state index contributed by atoms with van der Waals surface area (Å²) in [6.07, 6.45) is 7.39. The van der Waals surface area contributed by atoms with Crippen LogP contribution in [0.1, 0.15) is 22.3 Å². The smallest absolute Gasteiger partial charge is 0.0967 e. The summed E-state index contributed by atoms with van der Waals surface area (Å²) in [5, 5.41) is 4.75. The molecule has 0 saturated carbocycles. The molecule has 6 rings (SSSR count). The standard InChI is InChI=1S/2C14H12N2/c2*1-9-5-7-15-13-11(9)3-4-12-10(2)6-8-16-14(12)13/h2*3-8H,1-2H3. The van der Waals surface area contributed by atoms with E-state index in [2.05, 4.69) is 71.9 Å². The molecule has 0 amide bonds. The molecule has 156 valence electrons. The third kappa shape index (κ3) is 3.34. The molecule has 0 aliphatic rings. The SMILES string of the molecule is Cc1ccnc2c1ccc1c(C)ccnc12.Cc1ccnc2c1ccc1c(C)ccnc12. The number of aryl methyl sites for hydroxylation is 4. The highest BCUT2D eigenvalue weighted by Gasteiger charge is 2.06. The van der Waals surface area contributed by atoms with Crippen LogP contribution in [0.5, 0.6) is 0 Å². The Labute approximate surface area is 187 Å². The van der Waals surface area contributed by atoms with Crippen molar-refractivity contribution in [1.29, 1.82) is 0 Å². The van der Waals surface area contributed by atoms with Crippen molar-refractivity contribution >= 4 is 43.6 Å². The summed E-state index contributed by atoms with van der Waals surface area (Å²) in [6.45, 7) is 8.41. The van der Waals surface area contributed by atoms with E-state index < -0.39 is 0 Å². The third-order valence-corrected chi connectivity index (χ3v) is 6.11. The molecule has 0 radical (unpaired) electrons. The van der Waals surface area contributed by atoms with Gasteiger partial charge in [-0.1, -0.05) is 24.3 Å². The highest BCUT2D eigenvalue weighted by Crippen LogP contribution is 2.26. The van der Waals surface area contributed by atoms with Gasteiger partial charge in [0.15, 0.2) is 0 Å². The molecular formula is C28H24N4. The van der Waals surface area contributed by atoms with Crippen molar-refractivity contribution in [3.05, 3.63) is 95.6 Å². The number of pyridine rings is 4. The van der Waals surface area contributed by atoms with Crippen molar-refractivity contribution in [2.24, 2.45) is 0 Å². The van der Waals surface area contributed by atoms with Crippen LogP contribution in [-0.4, -0.2) is 19.9 Å². The molecule has 32 heavy (non-hydrogen) atoms. The summed E-state index contributed by atoms with van der Waals surface area (Å²) in [4.78, 5) is 17.8. The Balaban J connectivity index is 0.000000135. The van der Waals surface area contributed by atoms with Crippen molar-refractivity contribution in [2.75, 3.05) is 0 Å². The van der Waals surface area contributed by atoms with E-state index in [4.69, 9.17) is 0 Å². The fourth-order valence-corrected chi connectivity index (χ4v) is 4.21. The van der Waals surface area contributed by atoms with Crippen LogP contribution in [0.3, 0.4) is 0 Å². The van der Waals surface area contributed by atoms with E-state index in [1.165, 1.54) is 43.8 Å². The van der Waals surface area contributed by atoms with E-state index in [-0.39, 0.29) is 0 Å². The van der Waals surface area contributed by atoms with Crippen molar-refractivity contribution in [1.82, 2.24) is 19.9 Å². The molecular weight excluding hydrogens is 392 g/mol. The molecule has 2 aromatic carbocycles. The lowest BCUT2D eigenvalue weighted by Gasteiger charge is -2.06. The van der Waals surface area contributed by atoms with Gasteiger partial charge >= 0.3 is 0 Å². The van der Waals surface area contributed by atoms with Gasteiger partial charge in [0.25, 0.3) is 0 Å². The maximum absolute atomic E-state index is 4.45. The van der Waals surface area contributed by atoms with Crippen LogP contribution in [0, 0.1) is 27.7 Å². The number of nitrogens with zero attached hydrogens (tertiary/aromatic N) is 4. The zero-order chi connectivity index (χ0) is 22.2. The first-order valence-corrected chi connectivity index (χ1v) is 10.7. The largest absolute Gasteiger partial charge is 0.254 e. The molecule has 0 spiro atoms. The van der Waals surface area contributed by atoms with E-state index in [1.54, 1.807) is 0 Å². The predicted octanol–water partition coefficient (Wildman–Crippen LogP) is 6.80. The van der Waals surface area contributed by atoms with Crippen molar-refractivity contribution in [3.8, 4) is 0 Å². The van der Waals surface area contributed by atoms with Crippen LogP contribution in [-0.2, 0) is 0 Å². The Bertz CT molecular complexity index is 1370. The summed E-state index contributed by atoms with van der Waals surface area (Å²) in [5.74, 6) is 0. The molecule has 0 N–H and O–H groups in total. The fourth-order valence-electron chi connectivity index (χ4n) is 4.21. The molecule has 0 aliphatic heterocycles. The second-order valence-electron chi connectivity index (χ2n) is 8.23. The summed E-state index contributed by atoms with van der Waals surface area (Å²) < 4.78 is 0. The minimum absolute atomic E-state index is 1.00. The Morgan fingerprint density at radius 2 is 0.562 bits per heavy atom. The van der Waals surface area contributed by atoms with Gasteiger partial charge in [-0.25, -0.2) is 0 Å². The Morgan fingerprint density at radius 3 is 0.781 bits per heavy atom. The van der Waals surface area contributed by atoms with Gasteiger partial charge in [0, 0.05) is 46.3 Å². The lowest BCUT2D eigenvalue weighted by molar-refractivity contribution is 1.33. The van der Waals surface area contributed by atoms with Crippen molar-refractivity contribution < 1.29 is 0 Å². The van der Waals surface area contributed by atoms with Crippen LogP contribution in [0.2, 0.25) is 0 Å². The van der Waals surface area contributed by atoms with Crippen LogP contribution < -0.4 is 0 Å². The maximum atomic E-state index is 4.45. The number of benzene rings is 2. The summed E-state index contributed by atoms with van der Waals surface area (Å²) >= 11 is 0. The predicted molar refractivity (Wildman–Crippen MR) is 133 cm³/mol. The summed E-state index contributed by atoms with van der Waals surface area (Å²) in [5.41, 5.74) is 8.99. The van der Waals surface area contributed by atoms with E-state index >= 15 is 0 Å². The molecule has 0 saturated heterocycles. The topological polar surface area (TPSA) is 51.6 Å². The summed E-state index contributed by atoms with van der Waals surface area (Å²) in [6, 6.07) is 16.7. The normalized spacial score (nSPS) is 11.1. The molecule has 0 bridgehead atoms. The van der Waals surface area contributed by atoms with Gasteiger partial charge in [0.1, 0.15) is 0 Å². The van der Waals surface area contributed by atoms with Crippen molar-refractivity contribution in [3.63, 3.8) is 0 Å². The molecule has 4 nitrogen and oxygen atoms in total. The van der Waals surface area contributed by atoms with Crippen molar-refractivity contribution in [2.45, 2.75) is 27.7 Å². The molecule has 6 aromatic rings. The zero-order valence-corrected chi connectivity index (χ0v) is 18.7. The highest BCUT2D eigenvalue weighted by molar-refractivity contribution is 6.05. The lowest BCUT2D eigenvalue weighted by atomic mass is 10.0. The first-order chi connectivity index (χ1) is 15.5. The molecule has 4 aromatic heterocycles. The number of rotatable bonds is 0. The second kappa shape index (κ2) is 7.97. The number of aromatic nitrogens is 4. The monoisotopic (exact) mass is 416 g/mol. The molecule has 0 fully saturated rings. The minimum atomic E-state index is 1.00. The van der Waals surface area contributed by atoms with Crippen LogP contribution in [0.25, 0.3) is 43.6 Å². The van der Waals surface area contributed by atoms with Gasteiger partial charge in [0.05, 0.1) is 22.1 Å². The van der Waals surface area contributed by atoms with Gasteiger partial charge in [-0.2, -0.15) is 0 Å². The number of hydrogen-bond donors (Lipinski definition) is 0. The average molecular weight is 417 g/mol. The van der Waals surface area contributed by atoms with E-state index in [9.17, 15) is 0 Å². The van der Waals surface area contributed by atoms with Crippen LogP contribution >= 0.6 is 0 Å². The van der Waals surface area contributed by atoms with Gasteiger partial charge in [-0.15, -0.1) is 0 Å². The molecule has 0 aliphatic carbocycles. The average Bonchev–Trinajstić information content (AvgIpc) is 2.80. The first-order valence-electron chi connectivity index (χ1n) is 10.7. The fraction of sp³-hybridized carbons (Fsp3) is 0.143. The van der Waals surface area contributed by atoms with E-state index in [1.807, 2.05) is 49.1 Å². The minimum Gasteiger partial charge on any atom is -0.254 e. The molecule has 0 unspecified atom stereocenters. The van der Waals surface area contributed by atoms with Crippen LogP contribution in [0.4, 0.5) is 0 Å². The van der Waals surface area contributed by atoms with Gasteiger partial charge in [-0.05, 0) is 74.2 Å². The van der Waals surface area contributed by atoms with Crippen LogP contribution in [0.15, 0.2) is 73.3 Å². The Hall–Kier alpha value is -3.92. The van der Waals surface area contributed by atoms with Gasteiger partial charge in [-0.3, -0.25) is 19.9 Å². The highest BCUT2D eigenvalue weighted by atomic mass is 14.7. The summed E-state index contributed by atoms with van der Waals surface area (Å²) in [7, 11) is 0. The quantitative estimate of drug-likeness (QED) is 0.256. The molecule has 4 heterocycles. The zero-order valence-electron chi connectivity index (χ0n) is 18.7. The second-order valence-corrected chi connectivity index (χ2v) is 8.23. The Kier molecular flexibility index (Phi) is 4.98. The van der Waals surface area contributed by atoms with E-state index in [0.717, 1.165) is 22.1 Å². The van der Waals surface area contributed by atoms with Gasteiger partial charge < -0.3 is 0 Å². The first kappa shape index (κ1) is 20.0. The van der Waals surface area contributed by atoms with E-state index in [0.29, 0.717) is 0 Å². The van der Waals surface area contributed by atoms with Gasteiger partial charge in [0.2, 0.25) is 0 Å².